The Bertz CT molecular complexity index is 97.6. The van der Waals surface area contributed by atoms with Crippen LogP contribution in [0.1, 0.15) is 26.2 Å². The molecule has 0 saturated heterocycles. The number of nitrogens with two attached hydrogens (primary N) is 1. The van der Waals surface area contributed by atoms with Crippen LogP contribution in [0.25, 0.3) is 0 Å². The van der Waals surface area contributed by atoms with E-state index < -0.39 is 0 Å². The lowest BCUT2D eigenvalue weighted by atomic mass is 9.95. The highest BCUT2D eigenvalue weighted by Crippen LogP contribution is 2.42. The van der Waals surface area contributed by atoms with Crippen molar-refractivity contribution in [1.82, 2.24) is 0 Å². The van der Waals surface area contributed by atoms with Crippen molar-refractivity contribution in [1.29, 1.82) is 0 Å². The van der Waals surface area contributed by atoms with Crippen LogP contribution in [0, 0.1) is 5.92 Å². The fraction of sp³-hybridized carbons (Fsp3) is 1.00. The van der Waals surface area contributed by atoms with Crippen molar-refractivity contribution in [2.24, 2.45) is 11.7 Å². The highest BCUT2D eigenvalue weighted by Gasteiger charge is 2.42. The zero-order valence-electron chi connectivity index (χ0n) is 6.89. The zero-order chi connectivity index (χ0) is 7.61. The molecule has 0 heterocycles. The molecule has 2 heteroatoms. The van der Waals surface area contributed by atoms with Crippen molar-refractivity contribution in [2.45, 2.75) is 31.8 Å². The number of methoxy groups -OCH3 is 1. The Morgan fingerprint density at radius 1 is 1.60 bits per heavy atom. The minimum atomic E-state index is 0.0139. The molecule has 10 heavy (non-hydrogen) atoms. The molecule has 0 aromatic rings. The highest BCUT2D eigenvalue weighted by atomic mass is 16.5. The first-order valence-electron chi connectivity index (χ1n) is 4.04. The minimum absolute atomic E-state index is 0.0139. The minimum Gasteiger partial charge on any atom is -0.377 e. The monoisotopic (exact) mass is 143 g/mol. The third-order valence-electron chi connectivity index (χ3n) is 2.67. The summed E-state index contributed by atoms with van der Waals surface area (Å²) in [5, 5.41) is 0. The molecule has 1 aliphatic rings. The Balaban J connectivity index is 2.52. The first-order chi connectivity index (χ1) is 4.79. The van der Waals surface area contributed by atoms with Crippen LogP contribution in [0.4, 0.5) is 0 Å². The summed E-state index contributed by atoms with van der Waals surface area (Å²) < 4.78 is 5.44. The molecule has 0 aliphatic heterocycles. The Morgan fingerprint density at radius 3 is 2.30 bits per heavy atom. The third-order valence-corrected chi connectivity index (χ3v) is 2.67. The van der Waals surface area contributed by atoms with Crippen molar-refractivity contribution in [2.75, 3.05) is 13.7 Å². The van der Waals surface area contributed by atoms with Gasteiger partial charge in [-0.1, -0.05) is 6.92 Å². The van der Waals surface area contributed by atoms with Crippen molar-refractivity contribution in [3.63, 3.8) is 0 Å². The van der Waals surface area contributed by atoms with Crippen molar-refractivity contribution in [3.8, 4) is 0 Å². The largest absolute Gasteiger partial charge is 0.377 e. The summed E-state index contributed by atoms with van der Waals surface area (Å²) in [4.78, 5) is 0. The SMILES string of the molecule is CCC(CN)(OC)C1CC1. The van der Waals surface area contributed by atoms with Crippen LogP contribution >= 0.6 is 0 Å². The first-order valence-corrected chi connectivity index (χ1v) is 4.04. The first kappa shape index (κ1) is 8.02. The van der Waals surface area contributed by atoms with Crippen LogP contribution in [0.2, 0.25) is 0 Å². The maximum atomic E-state index is 5.64. The van der Waals surface area contributed by atoms with Gasteiger partial charge in [0.2, 0.25) is 0 Å². The molecule has 0 aromatic carbocycles. The van der Waals surface area contributed by atoms with Crippen LogP contribution in [0.15, 0.2) is 0 Å². The molecule has 2 N–H and O–H groups in total. The van der Waals surface area contributed by atoms with E-state index in [9.17, 15) is 0 Å². The van der Waals surface area contributed by atoms with Crippen LogP contribution in [-0.2, 0) is 4.74 Å². The number of hydrogen-bond donors (Lipinski definition) is 1. The smallest absolute Gasteiger partial charge is 0.0825 e. The molecule has 1 fully saturated rings. The summed E-state index contributed by atoms with van der Waals surface area (Å²) in [6.45, 7) is 2.82. The predicted molar refractivity (Wildman–Crippen MR) is 41.8 cm³/mol. The van der Waals surface area contributed by atoms with E-state index in [0.29, 0.717) is 6.54 Å². The van der Waals surface area contributed by atoms with Gasteiger partial charge in [-0.3, -0.25) is 0 Å². The summed E-state index contributed by atoms with van der Waals surface area (Å²) in [6, 6.07) is 0. The molecule has 1 atom stereocenters. The number of ether oxygens (including phenoxy) is 1. The number of hydrogen-bond acceptors (Lipinski definition) is 2. The summed E-state index contributed by atoms with van der Waals surface area (Å²) in [7, 11) is 1.77. The molecule has 0 amide bonds. The molecular formula is C8H17NO. The van der Waals surface area contributed by atoms with E-state index in [1.54, 1.807) is 7.11 Å². The zero-order valence-corrected chi connectivity index (χ0v) is 6.89. The van der Waals surface area contributed by atoms with Crippen molar-refractivity contribution >= 4 is 0 Å². The van der Waals surface area contributed by atoms with Gasteiger partial charge in [-0.25, -0.2) is 0 Å². The lowest BCUT2D eigenvalue weighted by Crippen LogP contribution is -2.41. The molecule has 1 aliphatic carbocycles. The second kappa shape index (κ2) is 2.89. The second-order valence-corrected chi connectivity index (χ2v) is 3.10. The van der Waals surface area contributed by atoms with Gasteiger partial charge in [0.25, 0.3) is 0 Å². The lowest BCUT2D eigenvalue weighted by molar-refractivity contribution is -0.0245. The van der Waals surface area contributed by atoms with Gasteiger partial charge >= 0.3 is 0 Å². The average Bonchev–Trinajstić information content (AvgIpc) is 2.77. The van der Waals surface area contributed by atoms with Crippen molar-refractivity contribution < 1.29 is 4.74 Å². The Labute approximate surface area is 62.7 Å². The molecule has 2 nitrogen and oxygen atoms in total. The van der Waals surface area contributed by atoms with Crippen LogP contribution in [0.3, 0.4) is 0 Å². The summed E-state index contributed by atoms with van der Waals surface area (Å²) in [5.74, 6) is 0.743. The normalized spacial score (nSPS) is 24.3. The Morgan fingerprint density at radius 2 is 2.20 bits per heavy atom. The maximum Gasteiger partial charge on any atom is 0.0825 e. The number of rotatable bonds is 4. The van der Waals surface area contributed by atoms with Gasteiger partial charge < -0.3 is 10.5 Å². The predicted octanol–water partition coefficient (Wildman–Crippen LogP) is 1.15. The molecule has 1 rings (SSSR count). The summed E-state index contributed by atoms with van der Waals surface area (Å²) in [6.07, 6.45) is 3.66. The van der Waals surface area contributed by atoms with Gasteiger partial charge in [0, 0.05) is 13.7 Å². The van der Waals surface area contributed by atoms with Crippen LogP contribution in [0.5, 0.6) is 0 Å². The van der Waals surface area contributed by atoms with E-state index in [-0.39, 0.29) is 5.60 Å². The molecule has 1 saturated carbocycles. The van der Waals surface area contributed by atoms with Gasteiger partial charge in [-0.15, -0.1) is 0 Å². The average molecular weight is 143 g/mol. The van der Waals surface area contributed by atoms with Gasteiger partial charge in [-0.05, 0) is 25.2 Å². The quantitative estimate of drug-likeness (QED) is 0.640. The van der Waals surface area contributed by atoms with E-state index >= 15 is 0 Å². The second-order valence-electron chi connectivity index (χ2n) is 3.10. The molecule has 0 radical (unpaired) electrons. The van der Waals surface area contributed by atoms with Crippen molar-refractivity contribution in [3.05, 3.63) is 0 Å². The van der Waals surface area contributed by atoms with E-state index in [4.69, 9.17) is 10.5 Å². The lowest BCUT2D eigenvalue weighted by Gasteiger charge is -2.29. The van der Waals surface area contributed by atoms with E-state index in [1.807, 2.05) is 0 Å². The molecule has 1 unspecified atom stereocenters. The van der Waals surface area contributed by atoms with E-state index in [2.05, 4.69) is 6.92 Å². The standard InChI is InChI=1S/C8H17NO/c1-3-8(6-9,10-2)7-4-5-7/h7H,3-6,9H2,1-2H3. The summed E-state index contributed by atoms with van der Waals surface area (Å²) in [5.41, 5.74) is 5.66. The fourth-order valence-corrected chi connectivity index (χ4v) is 1.60. The maximum absolute atomic E-state index is 5.64. The van der Waals surface area contributed by atoms with E-state index in [1.165, 1.54) is 12.8 Å². The van der Waals surface area contributed by atoms with Crippen LogP contribution in [-0.4, -0.2) is 19.3 Å². The van der Waals surface area contributed by atoms with Crippen LogP contribution < -0.4 is 5.73 Å². The molecule has 0 aromatic heterocycles. The fourth-order valence-electron chi connectivity index (χ4n) is 1.60. The highest BCUT2D eigenvalue weighted by molar-refractivity contribution is 4.95. The molecule has 0 bridgehead atoms. The summed E-state index contributed by atoms with van der Waals surface area (Å²) >= 11 is 0. The molecular weight excluding hydrogens is 126 g/mol. The van der Waals surface area contributed by atoms with Gasteiger partial charge in [0.05, 0.1) is 5.60 Å². The Kier molecular flexibility index (Phi) is 2.32. The van der Waals surface area contributed by atoms with E-state index in [0.717, 1.165) is 12.3 Å². The van der Waals surface area contributed by atoms with Gasteiger partial charge in [-0.2, -0.15) is 0 Å². The Hall–Kier alpha value is -0.0800. The molecule has 0 spiro atoms. The molecule has 60 valence electrons. The van der Waals surface area contributed by atoms with Gasteiger partial charge in [0.1, 0.15) is 0 Å². The van der Waals surface area contributed by atoms with Gasteiger partial charge in [0.15, 0.2) is 0 Å². The third kappa shape index (κ3) is 1.18. The topological polar surface area (TPSA) is 35.2 Å².